The first-order valence-electron chi connectivity index (χ1n) is 8.39. The molecule has 0 radical (unpaired) electrons. The summed E-state index contributed by atoms with van der Waals surface area (Å²) in [4.78, 5) is 20.1. The van der Waals surface area contributed by atoms with Crippen LogP contribution in [0, 0.1) is 13.8 Å². The third kappa shape index (κ3) is 4.26. The molecular formula is C18H24N4OS. The van der Waals surface area contributed by atoms with E-state index in [1.54, 1.807) is 11.3 Å². The van der Waals surface area contributed by atoms with E-state index in [-0.39, 0.29) is 12.1 Å². The van der Waals surface area contributed by atoms with Crippen molar-refractivity contribution in [3.05, 3.63) is 45.9 Å². The zero-order valence-electron chi connectivity index (χ0n) is 14.2. The number of benzene rings is 1. The van der Waals surface area contributed by atoms with Crippen LogP contribution < -0.4 is 15.5 Å². The lowest BCUT2D eigenvalue weighted by Gasteiger charge is -2.19. The summed E-state index contributed by atoms with van der Waals surface area (Å²) < 4.78 is 0. The van der Waals surface area contributed by atoms with Crippen molar-refractivity contribution in [2.45, 2.75) is 32.7 Å². The van der Waals surface area contributed by atoms with Crippen LogP contribution in [-0.2, 0) is 6.42 Å². The highest BCUT2D eigenvalue weighted by atomic mass is 32.1. The maximum Gasteiger partial charge on any atom is 0.315 e. The van der Waals surface area contributed by atoms with E-state index in [2.05, 4.69) is 39.6 Å². The number of thiazole rings is 1. The fourth-order valence-corrected chi connectivity index (χ4v) is 3.85. The van der Waals surface area contributed by atoms with Gasteiger partial charge in [0, 0.05) is 42.7 Å². The van der Waals surface area contributed by atoms with Crippen molar-refractivity contribution in [2.24, 2.45) is 0 Å². The molecule has 2 amide bonds. The molecule has 0 bridgehead atoms. The van der Waals surface area contributed by atoms with Crippen LogP contribution in [0.3, 0.4) is 0 Å². The van der Waals surface area contributed by atoms with E-state index in [4.69, 9.17) is 0 Å². The first-order chi connectivity index (χ1) is 11.6. The Kier molecular flexibility index (Phi) is 5.35. The van der Waals surface area contributed by atoms with Gasteiger partial charge in [0.1, 0.15) is 0 Å². The first-order valence-corrected chi connectivity index (χ1v) is 9.21. The summed E-state index contributed by atoms with van der Waals surface area (Å²) >= 11 is 1.71. The van der Waals surface area contributed by atoms with Crippen molar-refractivity contribution in [2.75, 3.05) is 24.5 Å². The number of hydrogen-bond acceptors (Lipinski definition) is 4. The number of aryl methyl sites for hydroxylation is 2. The third-order valence-corrected chi connectivity index (χ3v) is 5.47. The topological polar surface area (TPSA) is 57.3 Å². The molecule has 2 N–H and O–H groups in total. The SMILES string of the molecule is Cc1nc(CCNC(=O)N[C@@H]2CCN(c3ccccc3)C2)sc1C. The fourth-order valence-electron chi connectivity index (χ4n) is 2.92. The van der Waals surface area contributed by atoms with E-state index >= 15 is 0 Å². The normalized spacial score (nSPS) is 17.1. The Morgan fingerprint density at radius 3 is 2.83 bits per heavy atom. The van der Waals surface area contributed by atoms with Crippen LogP contribution >= 0.6 is 11.3 Å². The zero-order chi connectivity index (χ0) is 16.9. The van der Waals surface area contributed by atoms with Crippen molar-refractivity contribution in [3.63, 3.8) is 0 Å². The molecule has 2 heterocycles. The smallest absolute Gasteiger partial charge is 0.315 e. The standard InChI is InChI=1S/C18H24N4OS/c1-13-14(2)24-17(20-13)8-10-19-18(23)21-15-9-11-22(12-15)16-6-4-3-5-7-16/h3-7,15H,8-12H2,1-2H3,(H2,19,21,23)/t15-/m1/s1. The van der Waals surface area contributed by atoms with Crippen molar-refractivity contribution in [1.82, 2.24) is 15.6 Å². The summed E-state index contributed by atoms with van der Waals surface area (Å²) in [6.45, 7) is 6.56. The number of amides is 2. The minimum absolute atomic E-state index is 0.0834. The summed E-state index contributed by atoms with van der Waals surface area (Å²) in [5.74, 6) is 0. The van der Waals surface area contributed by atoms with E-state index in [1.807, 2.05) is 25.1 Å². The number of carbonyl (C=O) groups excluding carboxylic acids is 1. The van der Waals surface area contributed by atoms with Crippen LogP contribution in [0.5, 0.6) is 0 Å². The molecule has 1 aliphatic heterocycles. The second-order valence-electron chi connectivity index (χ2n) is 6.17. The first kappa shape index (κ1) is 16.8. The molecule has 0 aliphatic carbocycles. The van der Waals surface area contributed by atoms with Gasteiger partial charge in [0.25, 0.3) is 0 Å². The average Bonchev–Trinajstić information content (AvgIpc) is 3.15. The van der Waals surface area contributed by atoms with Gasteiger partial charge >= 0.3 is 6.03 Å². The lowest BCUT2D eigenvalue weighted by molar-refractivity contribution is 0.238. The Labute approximate surface area is 147 Å². The van der Waals surface area contributed by atoms with Gasteiger partial charge in [-0.2, -0.15) is 0 Å². The maximum atomic E-state index is 12.0. The Morgan fingerprint density at radius 2 is 2.12 bits per heavy atom. The molecule has 1 aliphatic rings. The molecule has 128 valence electrons. The fraction of sp³-hybridized carbons (Fsp3) is 0.444. The average molecular weight is 344 g/mol. The van der Waals surface area contributed by atoms with E-state index < -0.39 is 0 Å². The largest absolute Gasteiger partial charge is 0.369 e. The summed E-state index contributed by atoms with van der Waals surface area (Å²) in [5.41, 5.74) is 2.31. The van der Waals surface area contributed by atoms with Gasteiger partial charge in [-0.1, -0.05) is 18.2 Å². The molecule has 1 aromatic heterocycles. The molecule has 24 heavy (non-hydrogen) atoms. The molecule has 1 aromatic carbocycles. The van der Waals surface area contributed by atoms with Crippen molar-refractivity contribution >= 4 is 23.1 Å². The Morgan fingerprint density at radius 1 is 1.33 bits per heavy atom. The van der Waals surface area contributed by atoms with Crippen LogP contribution in [0.4, 0.5) is 10.5 Å². The molecule has 2 aromatic rings. The number of urea groups is 1. The lowest BCUT2D eigenvalue weighted by atomic mass is 10.3. The minimum Gasteiger partial charge on any atom is -0.369 e. The van der Waals surface area contributed by atoms with Crippen LogP contribution in [0.25, 0.3) is 0 Å². The predicted molar refractivity (Wildman–Crippen MR) is 98.9 cm³/mol. The van der Waals surface area contributed by atoms with Gasteiger partial charge in [-0.3, -0.25) is 0 Å². The molecule has 0 spiro atoms. The second kappa shape index (κ2) is 7.66. The molecule has 1 atom stereocenters. The van der Waals surface area contributed by atoms with Crippen LogP contribution in [0.2, 0.25) is 0 Å². The zero-order valence-corrected chi connectivity index (χ0v) is 15.0. The molecule has 0 unspecified atom stereocenters. The summed E-state index contributed by atoms with van der Waals surface area (Å²) in [5, 5.41) is 7.10. The summed E-state index contributed by atoms with van der Waals surface area (Å²) in [6, 6.07) is 10.5. The quantitative estimate of drug-likeness (QED) is 0.877. The number of anilines is 1. The number of aromatic nitrogens is 1. The van der Waals surface area contributed by atoms with E-state index in [9.17, 15) is 4.79 Å². The van der Waals surface area contributed by atoms with Gasteiger partial charge in [0.2, 0.25) is 0 Å². The number of hydrogen-bond donors (Lipinski definition) is 2. The van der Waals surface area contributed by atoms with Crippen LogP contribution in [0.1, 0.15) is 22.0 Å². The Balaban J connectivity index is 1.39. The van der Waals surface area contributed by atoms with Gasteiger partial charge in [-0.25, -0.2) is 9.78 Å². The molecule has 1 saturated heterocycles. The molecule has 3 rings (SSSR count). The molecule has 6 heteroatoms. The molecule has 5 nitrogen and oxygen atoms in total. The van der Waals surface area contributed by atoms with Crippen molar-refractivity contribution < 1.29 is 4.79 Å². The summed E-state index contributed by atoms with van der Waals surface area (Å²) in [7, 11) is 0. The number of nitrogens with zero attached hydrogens (tertiary/aromatic N) is 2. The maximum absolute atomic E-state index is 12.0. The second-order valence-corrected chi connectivity index (χ2v) is 7.45. The van der Waals surface area contributed by atoms with Crippen molar-refractivity contribution in [1.29, 1.82) is 0 Å². The number of carbonyl (C=O) groups is 1. The monoisotopic (exact) mass is 344 g/mol. The van der Waals surface area contributed by atoms with E-state index in [0.29, 0.717) is 6.54 Å². The van der Waals surface area contributed by atoms with Gasteiger partial charge in [0.15, 0.2) is 0 Å². The van der Waals surface area contributed by atoms with Gasteiger partial charge in [-0.15, -0.1) is 11.3 Å². The van der Waals surface area contributed by atoms with Crippen LogP contribution in [0.15, 0.2) is 30.3 Å². The van der Waals surface area contributed by atoms with Gasteiger partial charge < -0.3 is 15.5 Å². The molecule has 0 saturated carbocycles. The summed E-state index contributed by atoms with van der Waals surface area (Å²) in [6.07, 6.45) is 1.76. The van der Waals surface area contributed by atoms with Gasteiger partial charge in [-0.05, 0) is 32.4 Å². The van der Waals surface area contributed by atoms with Crippen LogP contribution in [-0.4, -0.2) is 36.7 Å². The highest BCUT2D eigenvalue weighted by molar-refractivity contribution is 7.11. The minimum atomic E-state index is -0.0834. The number of rotatable bonds is 5. The Bertz CT molecular complexity index is 666. The highest BCUT2D eigenvalue weighted by Crippen LogP contribution is 2.19. The van der Waals surface area contributed by atoms with Crippen molar-refractivity contribution in [3.8, 4) is 0 Å². The Hall–Kier alpha value is -2.08. The van der Waals surface area contributed by atoms with E-state index in [1.165, 1.54) is 10.6 Å². The number of para-hydroxylation sites is 1. The number of nitrogens with one attached hydrogen (secondary N) is 2. The highest BCUT2D eigenvalue weighted by Gasteiger charge is 2.23. The lowest BCUT2D eigenvalue weighted by Crippen LogP contribution is -2.43. The molecular weight excluding hydrogens is 320 g/mol. The van der Waals surface area contributed by atoms with Gasteiger partial charge in [0.05, 0.1) is 10.7 Å². The molecule has 1 fully saturated rings. The van der Waals surface area contributed by atoms with E-state index in [0.717, 1.165) is 36.6 Å². The predicted octanol–water partition coefficient (Wildman–Crippen LogP) is 2.88. The third-order valence-electron chi connectivity index (χ3n) is 4.34.